The summed E-state index contributed by atoms with van der Waals surface area (Å²) in [5.41, 5.74) is -4.59. The topological polar surface area (TPSA) is 293 Å². The second kappa shape index (κ2) is 32.3. The summed E-state index contributed by atoms with van der Waals surface area (Å²) in [4.78, 5) is 67.1. The lowest BCUT2D eigenvalue weighted by Gasteiger charge is -2.45. The summed E-state index contributed by atoms with van der Waals surface area (Å²) in [6.45, 7) is 25.1. The molecule has 90 heavy (non-hydrogen) atoms. The Hall–Kier alpha value is -4.17. The summed E-state index contributed by atoms with van der Waals surface area (Å²) in [5.74, 6) is -8.68. The number of nitrogens with zero attached hydrogens (tertiary/aromatic N) is 2. The number of carbonyl (C=O) groups excluding carboxylic acids is 4. The molecule has 22 atom stereocenters. The van der Waals surface area contributed by atoms with Crippen LogP contribution in [-0.4, -0.2) is 204 Å². The first-order chi connectivity index (χ1) is 41.8. The number of methoxy groups -OCH3 is 2. The molecule has 4 heterocycles. The molecule has 0 radical (unpaired) electrons. The quantitative estimate of drug-likeness (QED) is 0.0594. The van der Waals surface area contributed by atoms with Gasteiger partial charge in [0.05, 0.1) is 70.7 Å². The first-order valence-electron chi connectivity index (χ1n) is 31.0. The lowest BCUT2D eigenvalue weighted by molar-refractivity contribution is -0.305. The number of alkyl carbamates (subject to hydrolysis) is 1. The van der Waals surface area contributed by atoms with Gasteiger partial charge in [-0.05, 0) is 105 Å². The molecule has 1 aromatic carbocycles. The van der Waals surface area contributed by atoms with Crippen molar-refractivity contribution >= 4 is 39.6 Å². The van der Waals surface area contributed by atoms with Gasteiger partial charge in [0.2, 0.25) is 10.0 Å². The Kier molecular flexibility index (Phi) is 27.5. The van der Waals surface area contributed by atoms with Crippen LogP contribution in [0.5, 0.6) is 0 Å². The van der Waals surface area contributed by atoms with E-state index in [1.54, 1.807) is 62.3 Å². The van der Waals surface area contributed by atoms with E-state index in [0.717, 1.165) is 12.1 Å². The molecule has 4 fully saturated rings. The van der Waals surface area contributed by atoms with E-state index < -0.39 is 184 Å². The molecule has 4 aliphatic heterocycles. The van der Waals surface area contributed by atoms with E-state index >= 15 is 9.59 Å². The van der Waals surface area contributed by atoms with E-state index in [4.69, 9.17) is 56.9 Å². The number of hydrogen-bond donors (Lipinski definition) is 4. The van der Waals surface area contributed by atoms with Crippen LogP contribution in [0.3, 0.4) is 0 Å². The molecule has 0 spiro atoms. The van der Waals surface area contributed by atoms with E-state index in [9.17, 15) is 41.4 Å². The van der Waals surface area contributed by atoms with Crippen LogP contribution in [0.15, 0.2) is 34.3 Å². The smallest absolute Gasteiger partial charge is 0.416 e. The molecule has 28 heteroatoms. The van der Waals surface area contributed by atoms with Crippen molar-refractivity contribution < 1.29 is 108 Å². The highest BCUT2D eigenvalue weighted by molar-refractivity contribution is 7.89. The Balaban J connectivity index is 1.69. The largest absolute Gasteiger partial charge is 0.461 e. The molecule has 516 valence electrons. The third-order valence-corrected chi connectivity index (χ3v) is 19.0. The number of ether oxygens (including phenoxy) is 11. The van der Waals surface area contributed by atoms with Crippen molar-refractivity contribution in [1.29, 1.82) is 0 Å². The number of oxime groups is 1. The maximum absolute atomic E-state index is 16.1. The van der Waals surface area contributed by atoms with Crippen LogP contribution < -0.4 is 10.0 Å². The number of hydrogen-bond acceptors (Lipinski definition) is 22. The molecule has 0 saturated carbocycles. The number of esters is 2. The van der Waals surface area contributed by atoms with Crippen molar-refractivity contribution in [2.75, 3.05) is 48.1 Å². The summed E-state index contributed by atoms with van der Waals surface area (Å²) in [5, 5.41) is 29.6. The fourth-order valence-corrected chi connectivity index (χ4v) is 13.7. The first-order valence-corrected chi connectivity index (χ1v) is 32.5. The van der Waals surface area contributed by atoms with E-state index in [0.29, 0.717) is 25.1 Å². The number of benzene rings is 1. The predicted octanol–water partition coefficient (Wildman–Crippen LogP) is 6.78. The Labute approximate surface area is 528 Å². The monoisotopic (exact) mass is 1310 g/mol. The number of amides is 1. The summed E-state index contributed by atoms with van der Waals surface area (Å²) >= 11 is 0. The molecule has 0 aromatic heterocycles. The van der Waals surface area contributed by atoms with Gasteiger partial charge < -0.3 is 77.4 Å². The van der Waals surface area contributed by atoms with Gasteiger partial charge in [-0.1, -0.05) is 53.6 Å². The predicted molar refractivity (Wildman–Crippen MR) is 321 cm³/mol. The fraction of sp³-hybridized carbons (Fsp3) is 0.823. The third-order valence-electron chi connectivity index (χ3n) is 17.6. The van der Waals surface area contributed by atoms with Gasteiger partial charge in [0.25, 0.3) is 0 Å². The number of nitrogens with one attached hydrogen (secondary N) is 2. The highest BCUT2D eigenvalue weighted by Crippen LogP contribution is 2.41. The Morgan fingerprint density at radius 1 is 0.833 bits per heavy atom. The van der Waals surface area contributed by atoms with Crippen LogP contribution in [0.4, 0.5) is 18.0 Å². The van der Waals surface area contributed by atoms with Crippen molar-refractivity contribution in [1.82, 2.24) is 14.9 Å². The second-order valence-electron chi connectivity index (χ2n) is 26.5. The molecule has 5 rings (SSSR count). The molecule has 4 saturated heterocycles. The summed E-state index contributed by atoms with van der Waals surface area (Å²) in [6.07, 6.45) is -20.4. The van der Waals surface area contributed by atoms with Gasteiger partial charge in [-0.2, -0.15) is 13.2 Å². The molecule has 0 aliphatic carbocycles. The van der Waals surface area contributed by atoms with Crippen LogP contribution in [-0.2, 0) is 87.5 Å². The summed E-state index contributed by atoms with van der Waals surface area (Å²) < 4.78 is 140. The zero-order chi connectivity index (χ0) is 67.7. The second-order valence-corrected chi connectivity index (χ2v) is 28.3. The van der Waals surface area contributed by atoms with Crippen LogP contribution in [0.2, 0.25) is 0 Å². The number of cyclic esters (lactones) is 1. The number of Topliss-reactive ketones (excluding diaryl/α,β-unsaturated/α-hetero) is 1. The Bertz CT molecular complexity index is 2660. The number of sulfonamides is 1. The molecular weight excluding hydrogens is 1210 g/mol. The number of likely N-dealkylation sites (N-methyl/N-ethyl adjacent to an activating group) is 1. The standard InChI is InChI=1S/C62H101F3N4O20S/c1-31(2)24-45(70)85-51-38(9)50(33(4)29-81-58-54(79-18)53(78-17)47(71)41(12)84-58)87-56(74)40(11)52(86-46-25-34(5)69(16)28-36(7)82-46)37(8)49(88-57-48(72)44(68-80-19)26-35(6)83-57)32(3)27-61(15,55(73)39(51)10)89-59(75)67-60(13,14)30-66-90(76,77)43-22-20-42(21-23-43)62(63,64)65/h20-23,31-41,46-54,57-58,66,71-72H,24-30H2,1-19H3,(H,67,75)/b68-44+/t32-,33-,34?,35+,36-,37+,38-,39+,40+,41+,46-,47+,48+,49-,50+,51+,52-,53+,54+,57-,58+,61-/m0/s1. The lowest BCUT2D eigenvalue weighted by Crippen LogP contribution is -2.59. The summed E-state index contributed by atoms with van der Waals surface area (Å²) in [7, 11) is 1.66. The number of ketones is 1. The number of halogens is 3. The van der Waals surface area contributed by atoms with E-state index in [-0.39, 0.29) is 49.6 Å². The van der Waals surface area contributed by atoms with Crippen LogP contribution in [0.25, 0.3) is 0 Å². The van der Waals surface area contributed by atoms with E-state index in [2.05, 4.69) is 20.1 Å². The van der Waals surface area contributed by atoms with Crippen molar-refractivity contribution in [3.63, 3.8) is 0 Å². The number of aliphatic hydroxyl groups is 2. The van der Waals surface area contributed by atoms with E-state index in [1.807, 2.05) is 20.9 Å². The minimum atomic E-state index is -4.72. The van der Waals surface area contributed by atoms with Gasteiger partial charge in [-0.25, -0.2) is 17.9 Å². The Morgan fingerprint density at radius 3 is 2.06 bits per heavy atom. The van der Waals surface area contributed by atoms with Gasteiger partial charge in [0.1, 0.15) is 43.7 Å². The lowest BCUT2D eigenvalue weighted by atomic mass is 9.74. The number of aliphatic hydroxyl groups excluding tert-OH is 2. The van der Waals surface area contributed by atoms with E-state index in [1.165, 1.54) is 49.0 Å². The molecule has 24 nitrogen and oxygen atoms in total. The average Bonchev–Trinajstić information content (AvgIpc) is 0.853. The molecule has 4 aliphatic rings. The number of rotatable bonds is 20. The normalized spacial score (nSPS) is 36.7. The van der Waals surface area contributed by atoms with Crippen molar-refractivity contribution in [2.45, 2.75) is 244 Å². The van der Waals surface area contributed by atoms with Crippen molar-refractivity contribution in [3.05, 3.63) is 29.8 Å². The highest BCUT2D eigenvalue weighted by Gasteiger charge is 2.53. The van der Waals surface area contributed by atoms with Crippen LogP contribution in [0, 0.1) is 41.4 Å². The van der Waals surface area contributed by atoms with Crippen LogP contribution in [0.1, 0.15) is 135 Å². The molecule has 1 unspecified atom stereocenters. The van der Waals surface area contributed by atoms with Crippen LogP contribution >= 0.6 is 0 Å². The fourth-order valence-electron chi connectivity index (χ4n) is 12.5. The molecule has 4 N–H and O–H groups in total. The third kappa shape index (κ3) is 19.9. The van der Waals surface area contributed by atoms with Gasteiger partial charge >= 0.3 is 24.2 Å². The number of alkyl halides is 3. The minimum Gasteiger partial charge on any atom is -0.461 e. The maximum Gasteiger partial charge on any atom is 0.416 e. The molecule has 0 bridgehead atoms. The van der Waals surface area contributed by atoms with Gasteiger partial charge in [-0.15, -0.1) is 0 Å². The first kappa shape index (κ1) is 76.5. The average molecular weight is 1310 g/mol. The maximum atomic E-state index is 16.1. The van der Waals surface area contributed by atoms with Crippen molar-refractivity contribution in [2.24, 2.45) is 46.6 Å². The molecular formula is C62H101F3N4O20S. The molecule has 1 aromatic rings. The SMILES string of the molecule is CO/N=C1\C[C@@H](C)O[C@@H](O[C@@H]2[C@@H](C)[C@H](O[C@H]3CC(C)N(C)C[C@H](C)O3)[C@@H](C)C(=O)O[C@H]([C@@H](C)CO[C@@H]3O[C@H](C)[C@@H](O)[C@@H](OC)[C@H]3OC)[C@H](C)[C@@H](OC(=O)CC(C)C)[C@@H](C)C(=O)[C@@](C)(OC(=O)NC(C)(C)CNS(=O)(=O)c3ccc(C(F)(F)F)cc3)C[C@@H]2C)[C@@H]1O. The van der Waals surface area contributed by atoms with Gasteiger partial charge in [-0.3, -0.25) is 14.4 Å². The van der Waals surface area contributed by atoms with Crippen molar-refractivity contribution in [3.8, 4) is 0 Å². The number of carbonyl (C=O) groups is 4. The zero-order valence-corrected chi connectivity index (χ0v) is 56.5. The minimum absolute atomic E-state index is 0.0633. The zero-order valence-electron chi connectivity index (χ0n) is 55.6. The summed E-state index contributed by atoms with van der Waals surface area (Å²) in [6, 6.07) is 2.80. The Morgan fingerprint density at radius 2 is 1.47 bits per heavy atom. The van der Waals surface area contributed by atoms with Gasteiger partial charge in [0.15, 0.2) is 30.3 Å². The van der Waals surface area contributed by atoms with Gasteiger partial charge in [0, 0.05) is 70.4 Å². The molecule has 1 amide bonds. The highest BCUT2D eigenvalue weighted by atomic mass is 32.2.